The molecule has 1 aromatic heterocycles. The highest BCUT2D eigenvalue weighted by Gasteiger charge is 2.05. The number of rotatable bonds is 5. The molecule has 1 heterocycles. The molecule has 4 nitrogen and oxygen atoms in total. The van der Waals surface area contributed by atoms with Gasteiger partial charge in [-0.25, -0.2) is 14.1 Å². The Morgan fingerprint density at radius 1 is 1.12 bits per heavy atom. The minimum absolute atomic E-state index is 0.227. The molecule has 0 bridgehead atoms. The maximum absolute atomic E-state index is 13.0. The van der Waals surface area contributed by atoms with Gasteiger partial charge in [-0.05, 0) is 48.2 Å². The molecular formula is C19H15FN4. The Morgan fingerprint density at radius 3 is 2.50 bits per heavy atom. The highest BCUT2D eigenvalue weighted by molar-refractivity contribution is 5.65. The third-order valence-corrected chi connectivity index (χ3v) is 3.66. The molecule has 0 unspecified atom stereocenters. The van der Waals surface area contributed by atoms with Crippen molar-refractivity contribution in [3.8, 4) is 6.07 Å². The molecule has 3 aromatic rings. The number of halogens is 1. The average Bonchev–Trinajstić information content (AvgIpc) is 3.15. The fourth-order valence-corrected chi connectivity index (χ4v) is 2.42. The quantitative estimate of drug-likeness (QED) is 0.719. The summed E-state index contributed by atoms with van der Waals surface area (Å²) in [4.78, 5) is 4.00. The van der Waals surface area contributed by atoms with Crippen molar-refractivity contribution in [2.45, 2.75) is 12.8 Å². The van der Waals surface area contributed by atoms with Crippen LogP contribution in [0.5, 0.6) is 0 Å². The molecule has 0 aliphatic rings. The summed E-state index contributed by atoms with van der Waals surface area (Å²) < 4.78 is 14.7. The monoisotopic (exact) mass is 318 g/mol. The molecule has 0 fully saturated rings. The van der Waals surface area contributed by atoms with Crippen LogP contribution in [0.25, 0.3) is 5.70 Å². The molecule has 5 heteroatoms. The van der Waals surface area contributed by atoms with E-state index < -0.39 is 0 Å². The summed E-state index contributed by atoms with van der Waals surface area (Å²) in [6, 6.07) is 16.0. The van der Waals surface area contributed by atoms with Crippen molar-refractivity contribution in [2.75, 3.05) is 0 Å². The van der Waals surface area contributed by atoms with Crippen LogP contribution in [0.15, 0.2) is 67.3 Å². The van der Waals surface area contributed by atoms with Crippen LogP contribution < -0.4 is 0 Å². The van der Waals surface area contributed by atoms with Crippen molar-refractivity contribution < 1.29 is 4.39 Å². The number of nitriles is 1. The summed E-state index contributed by atoms with van der Waals surface area (Å²) in [5, 5.41) is 13.1. The van der Waals surface area contributed by atoms with Gasteiger partial charge in [0.1, 0.15) is 18.5 Å². The Bertz CT molecular complexity index is 857. The summed E-state index contributed by atoms with van der Waals surface area (Å²) >= 11 is 0. The van der Waals surface area contributed by atoms with Gasteiger partial charge in [0.25, 0.3) is 0 Å². The Morgan fingerprint density at radius 2 is 1.88 bits per heavy atom. The second kappa shape index (κ2) is 7.34. The van der Waals surface area contributed by atoms with Crippen LogP contribution in [0.2, 0.25) is 0 Å². The second-order valence-corrected chi connectivity index (χ2v) is 5.28. The lowest BCUT2D eigenvalue weighted by molar-refractivity contribution is 0.627. The number of nitrogens with zero attached hydrogens (tertiary/aromatic N) is 4. The highest BCUT2D eigenvalue weighted by Crippen LogP contribution is 2.18. The van der Waals surface area contributed by atoms with Crippen molar-refractivity contribution in [3.05, 3.63) is 89.8 Å². The summed E-state index contributed by atoms with van der Waals surface area (Å²) in [6.07, 6.45) is 6.77. The second-order valence-electron chi connectivity index (χ2n) is 5.28. The van der Waals surface area contributed by atoms with Crippen LogP contribution in [0.4, 0.5) is 4.39 Å². The lowest BCUT2D eigenvalue weighted by Crippen LogP contribution is -2.00. The number of benzene rings is 2. The molecule has 0 radical (unpaired) electrons. The van der Waals surface area contributed by atoms with E-state index in [4.69, 9.17) is 5.26 Å². The zero-order valence-corrected chi connectivity index (χ0v) is 12.9. The first-order valence-corrected chi connectivity index (χ1v) is 7.56. The molecule has 118 valence electrons. The molecule has 2 aromatic carbocycles. The van der Waals surface area contributed by atoms with Gasteiger partial charge < -0.3 is 0 Å². The zero-order valence-electron chi connectivity index (χ0n) is 12.9. The van der Waals surface area contributed by atoms with E-state index in [2.05, 4.69) is 22.2 Å². The number of hydrogen-bond donors (Lipinski definition) is 0. The molecule has 0 atom stereocenters. The van der Waals surface area contributed by atoms with E-state index >= 15 is 0 Å². The number of aromatic nitrogens is 3. The smallest absolute Gasteiger partial charge is 0.138 e. The number of aryl methyl sites for hydroxylation is 1. The van der Waals surface area contributed by atoms with Crippen molar-refractivity contribution in [3.63, 3.8) is 0 Å². The van der Waals surface area contributed by atoms with Gasteiger partial charge in [-0.3, -0.25) is 0 Å². The van der Waals surface area contributed by atoms with Crippen molar-refractivity contribution >= 4 is 5.70 Å². The fraction of sp³-hybridized carbons (Fsp3) is 0.105. The standard InChI is InChI=1S/C19H15FN4/c20-18-10-6-15(7-11-18)2-1-3-19(24-14-22-13-23-24)17-8-4-16(12-21)5-9-17/h3-11,13-14H,1-2H2/b19-3-. The van der Waals surface area contributed by atoms with Crippen molar-refractivity contribution in [2.24, 2.45) is 0 Å². The topological polar surface area (TPSA) is 54.5 Å². The molecule has 24 heavy (non-hydrogen) atoms. The fourth-order valence-electron chi connectivity index (χ4n) is 2.42. The predicted molar refractivity (Wildman–Crippen MR) is 89.3 cm³/mol. The van der Waals surface area contributed by atoms with Crippen molar-refractivity contribution in [1.29, 1.82) is 5.26 Å². The SMILES string of the molecule is N#Cc1ccc(/C(=C/CCc2ccc(F)cc2)n2cncn2)cc1. The van der Waals surface area contributed by atoms with E-state index in [1.54, 1.807) is 35.3 Å². The zero-order chi connectivity index (χ0) is 16.8. The predicted octanol–water partition coefficient (Wildman–Crippen LogP) is 3.81. The van der Waals surface area contributed by atoms with Gasteiger partial charge in [-0.15, -0.1) is 0 Å². The maximum atomic E-state index is 13.0. The molecule has 0 saturated heterocycles. The first kappa shape index (κ1) is 15.6. The molecular weight excluding hydrogens is 303 g/mol. The number of allylic oxidation sites excluding steroid dienone is 1. The third-order valence-electron chi connectivity index (χ3n) is 3.66. The van der Waals surface area contributed by atoms with Crippen LogP contribution in [0, 0.1) is 17.1 Å². The average molecular weight is 318 g/mol. The minimum Gasteiger partial charge on any atom is -0.223 e. The van der Waals surface area contributed by atoms with Crippen LogP contribution in [-0.2, 0) is 6.42 Å². The van der Waals surface area contributed by atoms with Gasteiger partial charge in [0.05, 0.1) is 17.3 Å². The van der Waals surface area contributed by atoms with Crippen LogP contribution >= 0.6 is 0 Å². The van der Waals surface area contributed by atoms with Crippen LogP contribution in [-0.4, -0.2) is 14.8 Å². The Hall–Kier alpha value is -3.26. The van der Waals surface area contributed by atoms with E-state index in [9.17, 15) is 4.39 Å². The van der Waals surface area contributed by atoms with E-state index in [0.717, 1.165) is 29.7 Å². The first-order chi connectivity index (χ1) is 11.8. The molecule has 0 aliphatic carbocycles. The van der Waals surface area contributed by atoms with E-state index in [0.29, 0.717) is 5.56 Å². The summed E-state index contributed by atoms with van der Waals surface area (Å²) in [5.41, 5.74) is 3.55. The third kappa shape index (κ3) is 3.73. The van der Waals surface area contributed by atoms with Crippen LogP contribution in [0.1, 0.15) is 23.1 Å². The first-order valence-electron chi connectivity index (χ1n) is 7.56. The lowest BCUT2D eigenvalue weighted by Gasteiger charge is -2.08. The van der Waals surface area contributed by atoms with Crippen LogP contribution in [0.3, 0.4) is 0 Å². The van der Waals surface area contributed by atoms with Crippen molar-refractivity contribution in [1.82, 2.24) is 14.8 Å². The highest BCUT2D eigenvalue weighted by atomic mass is 19.1. The van der Waals surface area contributed by atoms with Gasteiger partial charge in [0.2, 0.25) is 0 Å². The molecule has 0 aliphatic heterocycles. The largest absolute Gasteiger partial charge is 0.223 e. The molecule has 0 saturated carbocycles. The van der Waals surface area contributed by atoms with Gasteiger partial charge in [0, 0.05) is 0 Å². The van der Waals surface area contributed by atoms with E-state index in [1.165, 1.54) is 18.5 Å². The Balaban J connectivity index is 1.82. The molecule has 0 amide bonds. The molecule has 3 rings (SSSR count). The summed E-state index contributed by atoms with van der Waals surface area (Å²) in [6.45, 7) is 0. The maximum Gasteiger partial charge on any atom is 0.138 e. The molecule has 0 N–H and O–H groups in total. The molecule has 0 spiro atoms. The van der Waals surface area contributed by atoms with Gasteiger partial charge in [0.15, 0.2) is 0 Å². The Labute approximate surface area is 139 Å². The van der Waals surface area contributed by atoms with E-state index in [1.807, 2.05) is 12.1 Å². The lowest BCUT2D eigenvalue weighted by atomic mass is 10.1. The van der Waals surface area contributed by atoms with E-state index in [-0.39, 0.29) is 5.82 Å². The summed E-state index contributed by atoms with van der Waals surface area (Å²) in [7, 11) is 0. The van der Waals surface area contributed by atoms with Gasteiger partial charge >= 0.3 is 0 Å². The van der Waals surface area contributed by atoms with Gasteiger partial charge in [-0.1, -0.05) is 30.3 Å². The Kier molecular flexibility index (Phi) is 4.78. The number of hydrogen-bond acceptors (Lipinski definition) is 3. The van der Waals surface area contributed by atoms with Gasteiger partial charge in [-0.2, -0.15) is 10.4 Å². The normalized spacial score (nSPS) is 11.2. The minimum atomic E-state index is -0.227. The summed E-state index contributed by atoms with van der Waals surface area (Å²) in [5.74, 6) is -0.227.